The van der Waals surface area contributed by atoms with E-state index in [1.807, 2.05) is 0 Å². The molecule has 10 nitrogen and oxygen atoms in total. The number of aromatic amines is 2. The second-order valence-corrected chi connectivity index (χ2v) is 25.5. The molecule has 0 saturated carbocycles. The molecule has 4 rings (SSSR count). The zero-order valence-electron chi connectivity index (χ0n) is 19.1. The van der Waals surface area contributed by atoms with E-state index in [9.17, 15) is 14.7 Å². The van der Waals surface area contributed by atoms with Gasteiger partial charge >= 0.3 is 10.8 Å². The maximum atomic E-state index is 12.1. The first-order valence-corrected chi connectivity index (χ1v) is 19.5. The number of aliphatic hydroxyl groups is 1. The number of imidazole rings is 1. The fourth-order valence-electron chi connectivity index (χ4n) is 3.48. The van der Waals surface area contributed by atoms with Gasteiger partial charge in [0.15, 0.2) is 20.1 Å². The first-order valence-electron chi connectivity index (χ1n) is 10.6. The van der Waals surface area contributed by atoms with Gasteiger partial charge in [-0.05, 0) is 18.1 Å². The fourth-order valence-corrected chi connectivity index (χ4v) is 13.9. The Balaban J connectivity index is 1.66. The molecule has 2 aliphatic rings. The normalized spacial score (nSPS) is 28.1. The molecule has 4 atom stereocenters. The molecule has 0 radical (unpaired) electrons. The lowest BCUT2D eigenvalue weighted by Gasteiger charge is -2.39. The molecule has 2 saturated heterocycles. The number of ether oxygens (including phenoxy) is 1. The van der Waals surface area contributed by atoms with Crippen LogP contribution in [-0.4, -0.2) is 69.4 Å². The van der Waals surface area contributed by atoms with Crippen molar-refractivity contribution < 1.29 is 18.8 Å². The van der Waals surface area contributed by atoms with Crippen molar-refractivity contribution in [2.45, 2.75) is 63.4 Å². The summed E-state index contributed by atoms with van der Waals surface area (Å²) < 4.78 is 20.5. The molecule has 0 bridgehead atoms. The minimum atomic E-state index is -2.27. The Morgan fingerprint density at radius 1 is 1.33 bits per heavy atom. The molecule has 2 aliphatic heterocycles. The van der Waals surface area contributed by atoms with E-state index in [0.717, 1.165) is 11.5 Å². The van der Waals surface area contributed by atoms with Gasteiger partial charge in [0, 0.05) is 11.5 Å². The van der Waals surface area contributed by atoms with E-state index in [-0.39, 0.29) is 22.8 Å². The molecule has 3 N–H and O–H groups in total. The molecule has 4 heterocycles. The van der Waals surface area contributed by atoms with Crippen LogP contribution in [0.4, 0.5) is 0 Å². The van der Waals surface area contributed by atoms with Crippen molar-refractivity contribution in [2.75, 3.05) is 18.1 Å². The highest BCUT2D eigenvalue weighted by Crippen LogP contribution is 2.87. The number of hydrogen-bond donors (Lipinski definition) is 4. The van der Waals surface area contributed by atoms with Gasteiger partial charge in [-0.2, -0.15) is 4.52 Å². The molecule has 2 fully saturated rings. The van der Waals surface area contributed by atoms with E-state index in [0.29, 0.717) is 0 Å². The summed E-state index contributed by atoms with van der Waals surface area (Å²) in [6, 6.07) is 0. The largest absolute Gasteiger partial charge is 0.408 e. The van der Waals surface area contributed by atoms with Crippen LogP contribution >= 0.6 is 40.1 Å². The quantitative estimate of drug-likeness (QED) is 0.242. The smallest absolute Gasteiger partial charge is 0.327 e. The van der Waals surface area contributed by atoms with Crippen LogP contribution in [0.5, 0.6) is 0 Å². The second kappa shape index (κ2) is 9.29. The summed E-state index contributed by atoms with van der Waals surface area (Å²) in [5, 5.41) is 9.34. The average Bonchev–Trinajstić information content (AvgIpc) is 3.39. The zero-order valence-corrected chi connectivity index (χ0v) is 23.5. The van der Waals surface area contributed by atoms with Crippen LogP contribution in [0.3, 0.4) is 0 Å². The van der Waals surface area contributed by atoms with Gasteiger partial charge in [0.2, 0.25) is 0 Å². The first kappa shape index (κ1) is 25.8. The van der Waals surface area contributed by atoms with Crippen molar-refractivity contribution in [3.63, 3.8) is 0 Å². The average molecular weight is 554 g/mol. The van der Waals surface area contributed by atoms with E-state index in [4.69, 9.17) is 25.9 Å². The molecule has 0 aromatic carbocycles. The van der Waals surface area contributed by atoms with Crippen LogP contribution in [0.15, 0.2) is 15.9 Å². The van der Waals surface area contributed by atoms with Gasteiger partial charge in [0.1, 0.15) is 30.6 Å². The molecule has 0 unspecified atom stereocenters. The lowest BCUT2D eigenvalue weighted by Crippen LogP contribution is -2.49. The Kier molecular flexibility index (Phi) is 7.25. The van der Waals surface area contributed by atoms with Gasteiger partial charge in [0.25, 0.3) is 5.56 Å². The molecule has 0 amide bonds. The third-order valence-corrected chi connectivity index (χ3v) is 20.9. The van der Waals surface area contributed by atoms with Crippen molar-refractivity contribution in [1.82, 2.24) is 19.5 Å². The molecule has 184 valence electrons. The van der Waals surface area contributed by atoms with E-state index in [1.54, 1.807) is 22.8 Å². The Morgan fingerprint density at radius 2 is 2.00 bits per heavy atom. The molecule has 15 heteroatoms. The molecule has 33 heavy (non-hydrogen) atoms. The minimum Gasteiger partial charge on any atom is -0.408 e. The lowest BCUT2D eigenvalue weighted by molar-refractivity contribution is -0.0456. The SMILES string of the molecule is CC(C)(C)[Si](C)(C)O[C@H]1[C@@H](O)[C@H](n2cnc3c(=O)[nH]c(=O)[nH]c32)O[C@@H]1CO[P+]1(S)SCCS1. The number of aromatic nitrogens is 4. The Morgan fingerprint density at radius 3 is 2.64 bits per heavy atom. The van der Waals surface area contributed by atoms with Crippen LogP contribution in [0, 0.1) is 0 Å². The summed E-state index contributed by atoms with van der Waals surface area (Å²) in [4.78, 5) is 32.8. The van der Waals surface area contributed by atoms with Gasteiger partial charge in [-0.3, -0.25) is 19.3 Å². The summed E-state index contributed by atoms with van der Waals surface area (Å²) in [6.45, 7) is 10.8. The van der Waals surface area contributed by atoms with Gasteiger partial charge in [-0.1, -0.05) is 20.8 Å². The number of rotatable bonds is 6. The van der Waals surface area contributed by atoms with Gasteiger partial charge < -0.3 is 14.3 Å². The highest BCUT2D eigenvalue weighted by Gasteiger charge is 2.53. The number of nitrogens with one attached hydrogen (secondary N) is 2. The third-order valence-electron chi connectivity index (χ3n) is 6.28. The van der Waals surface area contributed by atoms with Gasteiger partial charge in [-0.15, -0.1) is 0 Å². The monoisotopic (exact) mass is 553 g/mol. The Hall–Kier alpha value is -0.313. The predicted molar refractivity (Wildman–Crippen MR) is 140 cm³/mol. The number of nitrogens with zero attached hydrogens (tertiary/aromatic N) is 2. The highest BCUT2D eigenvalue weighted by molar-refractivity contribution is 9.15. The van der Waals surface area contributed by atoms with Crippen LogP contribution in [-0.2, 0) is 13.7 Å². The summed E-state index contributed by atoms with van der Waals surface area (Å²) >= 11 is 8.21. The molecule has 0 spiro atoms. The maximum Gasteiger partial charge on any atom is 0.327 e. The van der Waals surface area contributed by atoms with Crippen molar-refractivity contribution in [2.24, 2.45) is 0 Å². The van der Waals surface area contributed by atoms with E-state index in [2.05, 4.69) is 48.8 Å². The van der Waals surface area contributed by atoms with Gasteiger partial charge in [0.05, 0.1) is 41.3 Å². The minimum absolute atomic E-state index is 0.0611. The van der Waals surface area contributed by atoms with Crippen LogP contribution in [0.2, 0.25) is 18.1 Å². The number of H-pyrrole nitrogens is 2. The Labute approximate surface area is 206 Å². The summed E-state index contributed by atoms with van der Waals surface area (Å²) in [7, 11) is -2.27. The maximum absolute atomic E-state index is 12.1. The fraction of sp³-hybridized carbons (Fsp3) is 0.722. The van der Waals surface area contributed by atoms with Gasteiger partial charge in [-0.25, -0.2) is 9.78 Å². The standard InChI is InChI=1S/C18H29N4O6PS3Si/c1-18(2,3)33(4,5)28-13-10(8-26-29(30)31-6-7-32-29)27-16(12(13)23)22-9-19-11-14(22)20-17(25)21-15(11)24/h9-10,12-13,16,23,30H,6-8H2,1-5H3,(H-,20,21,24,25)/p+1/t10-,12-,13-,16-/m1/s1. The van der Waals surface area contributed by atoms with E-state index < -0.39 is 49.2 Å². The molecule has 2 aromatic rings. The molecular weight excluding hydrogens is 523 g/mol. The summed E-state index contributed by atoms with van der Waals surface area (Å²) in [5.41, 5.74) is -1.02. The number of aliphatic hydroxyl groups excluding tert-OH is 1. The number of fused-ring (bicyclic) bond motifs is 1. The van der Waals surface area contributed by atoms with E-state index >= 15 is 0 Å². The van der Waals surface area contributed by atoms with Crippen LogP contribution in [0.1, 0.15) is 27.0 Å². The second-order valence-electron chi connectivity index (χ2n) is 9.59. The summed E-state index contributed by atoms with van der Waals surface area (Å²) in [5.74, 6) is 1.98. The van der Waals surface area contributed by atoms with Crippen LogP contribution in [0.25, 0.3) is 11.2 Å². The van der Waals surface area contributed by atoms with E-state index in [1.165, 1.54) is 10.9 Å². The lowest BCUT2D eigenvalue weighted by atomic mass is 10.1. The van der Waals surface area contributed by atoms with Crippen molar-refractivity contribution in [3.8, 4) is 0 Å². The highest BCUT2D eigenvalue weighted by atomic mass is 33.4. The van der Waals surface area contributed by atoms with Crippen molar-refractivity contribution >= 4 is 59.6 Å². The topological polar surface area (TPSA) is 131 Å². The molecule has 2 aromatic heterocycles. The Bertz CT molecular complexity index is 1130. The zero-order chi connectivity index (χ0) is 24.2. The summed E-state index contributed by atoms with van der Waals surface area (Å²) in [6.07, 6.45) is -1.80. The first-order chi connectivity index (χ1) is 15.3. The number of thiol groups is 1. The van der Waals surface area contributed by atoms with Crippen LogP contribution < -0.4 is 11.2 Å². The van der Waals surface area contributed by atoms with Crippen molar-refractivity contribution in [1.29, 1.82) is 0 Å². The molecule has 0 aliphatic carbocycles. The number of hydrogen-bond acceptors (Lipinski definition) is 10. The predicted octanol–water partition coefficient (Wildman–Crippen LogP) is 3.17. The molecular formula is C18H30N4O6PS3Si+. The van der Waals surface area contributed by atoms with Crippen molar-refractivity contribution in [3.05, 3.63) is 27.2 Å². The third kappa shape index (κ3) is 5.14.